The summed E-state index contributed by atoms with van der Waals surface area (Å²) in [7, 11) is 0. The molecule has 0 aromatic heterocycles. The minimum absolute atomic E-state index is 0.168. The van der Waals surface area contributed by atoms with E-state index in [9.17, 15) is 10.1 Å². The molecule has 1 N–H and O–H groups in total. The van der Waals surface area contributed by atoms with Crippen LogP contribution >= 0.6 is 0 Å². The summed E-state index contributed by atoms with van der Waals surface area (Å²) in [6.45, 7) is 5.45. The number of hydrogen-bond acceptors (Lipinski definition) is 4. The molecule has 3 rings (SSSR count). The monoisotopic (exact) mass is 353 g/mol. The second kappa shape index (κ2) is 8.86. The summed E-state index contributed by atoms with van der Waals surface area (Å²) in [5, 5.41) is 12.5. The normalized spacial score (nSPS) is 24.0. The van der Waals surface area contributed by atoms with Crippen LogP contribution < -0.4 is 10.2 Å². The molecule has 0 spiro atoms. The minimum Gasteiger partial charge on any atom is -0.378 e. The molecule has 0 unspecified atom stereocenters. The molecule has 1 aromatic rings. The van der Waals surface area contributed by atoms with Gasteiger partial charge in [0.1, 0.15) is 11.6 Å². The third kappa shape index (κ3) is 4.64. The summed E-state index contributed by atoms with van der Waals surface area (Å²) in [5.74, 6) is 0.212. The number of nitrogens with one attached hydrogen (secondary N) is 1. The Bertz CT molecular complexity index is 684. The van der Waals surface area contributed by atoms with Crippen molar-refractivity contribution >= 4 is 17.7 Å². The molecular weight excluding hydrogens is 326 g/mol. The average molecular weight is 353 g/mol. The van der Waals surface area contributed by atoms with Crippen molar-refractivity contribution in [3.63, 3.8) is 0 Å². The van der Waals surface area contributed by atoms with E-state index >= 15 is 0 Å². The summed E-state index contributed by atoms with van der Waals surface area (Å²) in [5.41, 5.74) is 2.18. The first-order chi connectivity index (χ1) is 12.7. The van der Waals surface area contributed by atoms with E-state index in [0.29, 0.717) is 5.92 Å². The minimum atomic E-state index is -0.261. The van der Waals surface area contributed by atoms with Gasteiger partial charge in [0.25, 0.3) is 5.91 Å². The highest BCUT2D eigenvalue weighted by Gasteiger charge is 2.24. The number of ether oxygens (including phenoxy) is 1. The molecule has 1 aliphatic heterocycles. The van der Waals surface area contributed by atoms with Gasteiger partial charge in [0, 0.05) is 24.8 Å². The van der Waals surface area contributed by atoms with E-state index < -0.39 is 0 Å². The number of amides is 1. The molecule has 1 saturated heterocycles. The van der Waals surface area contributed by atoms with Gasteiger partial charge in [-0.3, -0.25) is 4.79 Å². The van der Waals surface area contributed by atoms with Gasteiger partial charge in [0.15, 0.2) is 0 Å². The van der Waals surface area contributed by atoms with Crippen LogP contribution in [0.2, 0.25) is 0 Å². The number of benzene rings is 1. The topological polar surface area (TPSA) is 65.4 Å². The van der Waals surface area contributed by atoms with E-state index in [1.165, 1.54) is 6.42 Å². The molecule has 1 aliphatic carbocycles. The second-order valence-electron chi connectivity index (χ2n) is 7.20. The van der Waals surface area contributed by atoms with Crippen molar-refractivity contribution in [3.8, 4) is 6.07 Å². The molecule has 2 aliphatic rings. The SMILES string of the molecule is C[C@@H]1CCCC[C@@H]1NC(=O)/C(C#N)=C/c1ccc(N2CCOCC2)cc1. The highest BCUT2D eigenvalue weighted by molar-refractivity contribution is 6.01. The standard InChI is InChI=1S/C21H27N3O2/c1-16-4-2-3-5-20(16)23-21(25)18(15-22)14-17-6-8-19(9-7-17)24-10-12-26-13-11-24/h6-9,14,16,20H,2-5,10-13H2,1H3,(H,23,25)/b18-14+/t16-,20+/m1/s1. The Kier molecular flexibility index (Phi) is 6.30. The number of nitrogens with zero attached hydrogens (tertiary/aromatic N) is 2. The third-order valence-corrected chi connectivity index (χ3v) is 5.37. The molecule has 26 heavy (non-hydrogen) atoms. The number of anilines is 1. The summed E-state index contributed by atoms with van der Waals surface area (Å²) in [4.78, 5) is 14.8. The fourth-order valence-corrected chi connectivity index (χ4v) is 3.70. The Morgan fingerprint density at radius 1 is 1.23 bits per heavy atom. The summed E-state index contributed by atoms with van der Waals surface area (Å²) >= 11 is 0. The van der Waals surface area contributed by atoms with Crippen LogP contribution in [0.3, 0.4) is 0 Å². The summed E-state index contributed by atoms with van der Waals surface area (Å²) in [6, 6.07) is 10.2. The zero-order valence-electron chi connectivity index (χ0n) is 15.4. The first kappa shape index (κ1) is 18.5. The van der Waals surface area contributed by atoms with E-state index in [4.69, 9.17) is 4.74 Å². The number of nitriles is 1. The molecule has 5 nitrogen and oxygen atoms in total. The van der Waals surface area contributed by atoms with Crippen LogP contribution in [0, 0.1) is 17.2 Å². The van der Waals surface area contributed by atoms with Crippen LogP contribution in [0.1, 0.15) is 38.2 Å². The molecule has 1 saturated carbocycles. The van der Waals surface area contributed by atoms with Crippen molar-refractivity contribution in [2.75, 3.05) is 31.2 Å². The fourth-order valence-electron chi connectivity index (χ4n) is 3.70. The third-order valence-electron chi connectivity index (χ3n) is 5.37. The van der Waals surface area contributed by atoms with Gasteiger partial charge in [0.2, 0.25) is 0 Å². The molecular formula is C21H27N3O2. The van der Waals surface area contributed by atoms with E-state index in [1.807, 2.05) is 24.3 Å². The van der Waals surface area contributed by atoms with Crippen molar-refractivity contribution in [1.29, 1.82) is 5.26 Å². The first-order valence-corrected chi connectivity index (χ1v) is 9.53. The van der Waals surface area contributed by atoms with Gasteiger partial charge in [-0.25, -0.2) is 0 Å². The van der Waals surface area contributed by atoms with Crippen LogP contribution in [-0.2, 0) is 9.53 Å². The smallest absolute Gasteiger partial charge is 0.262 e. The Morgan fingerprint density at radius 3 is 2.58 bits per heavy atom. The number of morpholine rings is 1. The maximum absolute atomic E-state index is 12.5. The summed E-state index contributed by atoms with van der Waals surface area (Å²) in [6.07, 6.45) is 6.18. The van der Waals surface area contributed by atoms with Crippen LogP contribution in [0.4, 0.5) is 5.69 Å². The maximum Gasteiger partial charge on any atom is 0.262 e. The van der Waals surface area contributed by atoms with Gasteiger partial charge in [-0.05, 0) is 42.5 Å². The van der Waals surface area contributed by atoms with Gasteiger partial charge in [-0.1, -0.05) is 31.9 Å². The first-order valence-electron chi connectivity index (χ1n) is 9.53. The van der Waals surface area contributed by atoms with Crippen LogP contribution in [-0.4, -0.2) is 38.3 Å². The van der Waals surface area contributed by atoms with Crippen LogP contribution in [0.25, 0.3) is 6.08 Å². The van der Waals surface area contributed by atoms with Crippen LogP contribution in [0.5, 0.6) is 0 Å². The van der Waals surface area contributed by atoms with Crippen molar-refractivity contribution in [3.05, 3.63) is 35.4 Å². The predicted molar refractivity (Wildman–Crippen MR) is 103 cm³/mol. The number of carbonyl (C=O) groups is 1. The predicted octanol–water partition coefficient (Wildman–Crippen LogP) is 3.13. The van der Waals surface area contributed by atoms with Crippen LogP contribution in [0.15, 0.2) is 29.8 Å². The Morgan fingerprint density at radius 2 is 1.92 bits per heavy atom. The quantitative estimate of drug-likeness (QED) is 0.667. The maximum atomic E-state index is 12.5. The zero-order chi connectivity index (χ0) is 18.4. The zero-order valence-corrected chi connectivity index (χ0v) is 15.4. The molecule has 1 heterocycles. The van der Waals surface area contributed by atoms with E-state index in [1.54, 1.807) is 6.08 Å². The lowest BCUT2D eigenvalue weighted by molar-refractivity contribution is -0.118. The van der Waals surface area contributed by atoms with Gasteiger partial charge < -0.3 is 15.0 Å². The molecule has 2 fully saturated rings. The lowest BCUT2D eigenvalue weighted by Crippen LogP contribution is -2.41. The molecule has 138 valence electrons. The Hall–Kier alpha value is -2.32. The molecule has 1 aromatic carbocycles. The molecule has 5 heteroatoms. The van der Waals surface area contributed by atoms with Crippen molar-refractivity contribution in [1.82, 2.24) is 5.32 Å². The molecule has 2 atom stereocenters. The van der Waals surface area contributed by atoms with Crippen molar-refractivity contribution in [2.24, 2.45) is 5.92 Å². The summed E-state index contributed by atoms with van der Waals surface area (Å²) < 4.78 is 5.38. The number of rotatable bonds is 4. The number of hydrogen-bond donors (Lipinski definition) is 1. The molecule has 0 radical (unpaired) electrons. The highest BCUT2D eigenvalue weighted by atomic mass is 16.5. The largest absolute Gasteiger partial charge is 0.378 e. The molecule has 1 amide bonds. The Labute approximate surface area is 155 Å². The van der Waals surface area contributed by atoms with E-state index in [0.717, 1.165) is 56.8 Å². The van der Waals surface area contributed by atoms with Gasteiger partial charge in [-0.2, -0.15) is 5.26 Å². The molecule has 0 bridgehead atoms. The van der Waals surface area contributed by atoms with Gasteiger partial charge in [0.05, 0.1) is 13.2 Å². The van der Waals surface area contributed by atoms with Gasteiger partial charge in [-0.15, -0.1) is 0 Å². The van der Waals surface area contributed by atoms with Gasteiger partial charge >= 0.3 is 0 Å². The average Bonchev–Trinajstić information content (AvgIpc) is 2.69. The van der Waals surface area contributed by atoms with E-state index in [2.05, 4.69) is 23.2 Å². The van der Waals surface area contributed by atoms with Crippen molar-refractivity contribution < 1.29 is 9.53 Å². The second-order valence-corrected chi connectivity index (χ2v) is 7.20. The van der Waals surface area contributed by atoms with E-state index in [-0.39, 0.29) is 17.5 Å². The lowest BCUT2D eigenvalue weighted by atomic mass is 9.86. The highest BCUT2D eigenvalue weighted by Crippen LogP contribution is 2.24. The Balaban J connectivity index is 1.66. The lowest BCUT2D eigenvalue weighted by Gasteiger charge is -2.29. The number of carbonyl (C=O) groups excluding carboxylic acids is 1. The fraction of sp³-hybridized carbons (Fsp3) is 0.524. The van der Waals surface area contributed by atoms with Crippen molar-refractivity contribution in [2.45, 2.75) is 38.6 Å².